The van der Waals surface area contributed by atoms with Crippen LogP contribution < -0.4 is 5.32 Å². The van der Waals surface area contributed by atoms with E-state index < -0.39 is 0 Å². The highest BCUT2D eigenvalue weighted by Crippen LogP contribution is 2.29. The lowest BCUT2D eigenvalue weighted by atomic mass is 10.2. The van der Waals surface area contributed by atoms with Crippen LogP contribution in [0.15, 0.2) is 0 Å². The maximum atomic E-state index is 12.7. The first-order valence-corrected chi connectivity index (χ1v) is 10.4. The van der Waals surface area contributed by atoms with Crippen LogP contribution in [0.5, 0.6) is 0 Å². The standard InChI is InChI=1S/C18H28N4OS/c23-18(20-17-19-15-8-2-1-3-9-16(15)24-17)22-12-6-7-14(22)13-21-10-4-5-11-21/h14H,1-13H2,(H,19,20,23). The summed E-state index contributed by atoms with van der Waals surface area (Å²) in [4.78, 5) is 23.4. The van der Waals surface area contributed by atoms with Crippen molar-refractivity contribution in [3.8, 4) is 0 Å². The third-order valence-electron chi connectivity index (χ3n) is 5.62. The Morgan fingerprint density at radius 1 is 1.08 bits per heavy atom. The zero-order valence-corrected chi connectivity index (χ0v) is 15.2. The van der Waals surface area contributed by atoms with E-state index in [1.165, 1.54) is 55.8 Å². The Balaban J connectivity index is 1.38. The molecular formula is C18H28N4OS. The number of likely N-dealkylation sites (tertiary alicyclic amines) is 2. The van der Waals surface area contributed by atoms with E-state index in [2.05, 4.69) is 10.2 Å². The van der Waals surface area contributed by atoms with E-state index in [0.29, 0.717) is 6.04 Å². The number of hydrogen-bond acceptors (Lipinski definition) is 4. The highest BCUT2D eigenvalue weighted by atomic mass is 32.1. The molecule has 0 aromatic carbocycles. The van der Waals surface area contributed by atoms with Crippen LogP contribution in [0.3, 0.4) is 0 Å². The van der Waals surface area contributed by atoms with E-state index in [0.717, 1.165) is 43.9 Å². The Labute approximate surface area is 148 Å². The molecule has 0 saturated carbocycles. The van der Waals surface area contributed by atoms with Gasteiger partial charge in [0.1, 0.15) is 0 Å². The first kappa shape index (κ1) is 16.3. The van der Waals surface area contributed by atoms with E-state index >= 15 is 0 Å². The van der Waals surface area contributed by atoms with Crippen molar-refractivity contribution in [3.63, 3.8) is 0 Å². The van der Waals surface area contributed by atoms with Crippen molar-refractivity contribution < 1.29 is 4.79 Å². The molecule has 1 N–H and O–H groups in total. The molecule has 132 valence electrons. The van der Waals surface area contributed by atoms with E-state index in [-0.39, 0.29) is 6.03 Å². The zero-order valence-electron chi connectivity index (χ0n) is 14.4. The van der Waals surface area contributed by atoms with Gasteiger partial charge in [0.05, 0.1) is 5.69 Å². The summed E-state index contributed by atoms with van der Waals surface area (Å²) in [6.07, 6.45) is 10.9. The minimum Gasteiger partial charge on any atom is -0.320 e. The Kier molecular flexibility index (Phi) is 5.03. The maximum Gasteiger partial charge on any atom is 0.323 e. The summed E-state index contributed by atoms with van der Waals surface area (Å²) in [5, 5.41) is 3.90. The molecule has 1 aromatic rings. The lowest BCUT2D eigenvalue weighted by Gasteiger charge is -2.28. The van der Waals surface area contributed by atoms with Crippen molar-refractivity contribution in [2.24, 2.45) is 0 Å². The van der Waals surface area contributed by atoms with Crippen molar-refractivity contribution >= 4 is 22.5 Å². The summed E-state index contributed by atoms with van der Waals surface area (Å²) in [6.45, 7) is 4.33. The highest BCUT2D eigenvalue weighted by Gasteiger charge is 2.31. The molecule has 1 aromatic heterocycles. The number of rotatable bonds is 3. The number of thiazole rings is 1. The second-order valence-corrected chi connectivity index (χ2v) is 8.46. The molecule has 0 spiro atoms. The van der Waals surface area contributed by atoms with Crippen molar-refractivity contribution in [1.29, 1.82) is 0 Å². The smallest absolute Gasteiger partial charge is 0.320 e. The third kappa shape index (κ3) is 3.59. The number of aryl methyl sites for hydroxylation is 2. The minimum atomic E-state index is 0.0561. The van der Waals surface area contributed by atoms with Crippen molar-refractivity contribution in [2.45, 2.75) is 63.8 Å². The molecule has 0 radical (unpaired) electrons. The first-order chi connectivity index (χ1) is 11.8. The summed E-state index contributed by atoms with van der Waals surface area (Å²) >= 11 is 1.69. The second kappa shape index (κ2) is 7.40. The maximum absolute atomic E-state index is 12.7. The molecule has 24 heavy (non-hydrogen) atoms. The minimum absolute atomic E-state index is 0.0561. The third-order valence-corrected chi connectivity index (χ3v) is 6.69. The van der Waals surface area contributed by atoms with Crippen molar-refractivity contribution in [2.75, 3.05) is 31.5 Å². The lowest BCUT2D eigenvalue weighted by Crippen LogP contribution is -2.44. The van der Waals surface area contributed by atoms with Gasteiger partial charge in [-0.1, -0.05) is 6.42 Å². The number of amides is 2. The quantitative estimate of drug-likeness (QED) is 0.851. The summed E-state index contributed by atoms with van der Waals surface area (Å²) < 4.78 is 0. The Morgan fingerprint density at radius 2 is 1.92 bits per heavy atom. The molecule has 1 aliphatic carbocycles. The number of fused-ring (bicyclic) bond motifs is 1. The first-order valence-electron chi connectivity index (χ1n) is 9.58. The number of carbonyl (C=O) groups excluding carboxylic acids is 1. The summed E-state index contributed by atoms with van der Waals surface area (Å²) in [7, 11) is 0. The predicted molar refractivity (Wildman–Crippen MR) is 97.8 cm³/mol. The lowest BCUT2D eigenvalue weighted by molar-refractivity contribution is 0.186. The number of nitrogens with one attached hydrogen (secondary N) is 1. The Hall–Kier alpha value is -1.14. The van der Waals surface area contributed by atoms with Gasteiger partial charge in [-0.25, -0.2) is 9.78 Å². The molecule has 3 heterocycles. The monoisotopic (exact) mass is 348 g/mol. The normalized spacial score (nSPS) is 24.8. The van der Waals surface area contributed by atoms with Gasteiger partial charge in [-0.05, 0) is 64.5 Å². The van der Waals surface area contributed by atoms with Gasteiger partial charge in [0.15, 0.2) is 5.13 Å². The average molecular weight is 349 g/mol. The van der Waals surface area contributed by atoms with Gasteiger partial charge >= 0.3 is 6.03 Å². The molecule has 0 bridgehead atoms. The number of urea groups is 1. The van der Waals surface area contributed by atoms with Gasteiger partial charge in [-0.2, -0.15) is 0 Å². The molecule has 2 amide bonds. The largest absolute Gasteiger partial charge is 0.323 e. The average Bonchev–Trinajstić information content (AvgIpc) is 3.28. The molecule has 1 unspecified atom stereocenters. The van der Waals surface area contributed by atoms with Crippen LogP contribution in [0.4, 0.5) is 9.93 Å². The van der Waals surface area contributed by atoms with Crippen LogP contribution in [0, 0.1) is 0 Å². The van der Waals surface area contributed by atoms with Crippen LogP contribution in [0.25, 0.3) is 0 Å². The number of aromatic nitrogens is 1. The number of anilines is 1. The van der Waals surface area contributed by atoms with Crippen molar-refractivity contribution in [1.82, 2.24) is 14.8 Å². The fourth-order valence-corrected chi connectivity index (χ4v) is 5.34. The van der Waals surface area contributed by atoms with Gasteiger partial charge < -0.3 is 9.80 Å². The van der Waals surface area contributed by atoms with Gasteiger partial charge in [0.25, 0.3) is 0 Å². The van der Waals surface area contributed by atoms with E-state index in [1.807, 2.05) is 4.90 Å². The fourth-order valence-electron chi connectivity index (χ4n) is 4.30. The molecular weight excluding hydrogens is 320 g/mol. The molecule has 2 aliphatic heterocycles. The molecule has 2 saturated heterocycles. The van der Waals surface area contributed by atoms with Gasteiger partial charge in [0, 0.05) is 24.0 Å². The molecule has 2 fully saturated rings. The Morgan fingerprint density at radius 3 is 2.79 bits per heavy atom. The Bertz CT molecular complexity index is 558. The van der Waals surface area contributed by atoms with Crippen LogP contribution >= 0.6 is 11.3 Å². The number of hydrogen-bond donors (Lipinski definition) is 1. The summed E-state index contributed by atoms with van der Waals surface area (Å²) in [5.41, 5.74) is 1.22. The predicted octanol–water partition coefficient (Wildman–Crippen LogP) is 3.50. The van der Waals surface area contributed by atoms with Gasteiger partial charge in [0.2, 0.25) is 0 Å². The van der Waals surface area contributed by atoms with Crippen molar-refractivity contribution in [3.05, 3.63) is 10.6 Å². The summed E-state index contributed by atoms with van der Waals surface area (Å²) in [5.74, 6) is 0. The van der Waals surface area contributed by atoms with Crippen LogP contribution in [0.1, 0.15) is 55.5 Å². The second-order valence-electron chi connectivity index (χ2n) is 7.38. The van der Waals surface area contributed by atoms with E-state index in [4.69, 9.17) is 4.98 Å². The number of nitrogens with zero attached hydrogens (tertiary/aromatic N) is 3. The summed E-state index contributed by atoms with van der Waals surface area (Å²) in [6, 6.07) is 0.432. The molecule has 3 aliphatic rings. The van der Waals surface area contributed by atoms with Gasteiger partial charge in [-0.3, -0.25) is 5.32 Å². The number of carbonyl (C=O) groups is 1. The SMILES string of the molecule is O=C(Nc1nc2c(s1)CCCCC2)N1CCCC1CN1CCCC1. The fraction of sp³-hybridized carbons (Fsp3) is 0.778. The molecule has 6 heteroatoms. The highest BCUT2D eigenvalue weighted by molar-refractivity contribution is 7.15. The van der Waals surface area contributed by atoms with Crippen LogP contribution in [-0.4, -0.2) is 53.0 Å². The molecule has 1 atom stereocenters. The molecule has 4 rings (SSSR count). The van der Waals surface area contributed by atoms with E-state index in [1.54, 1.807) is 11.3 Å². The van der Waals surface area contributed by atoms with E-state index in [9.17, 15) is 4.79 Å². The zero-order chi connectivity index (χ0) is 16.4. The van der Waals surface area contributed by atoms with Crippen LogP contribution in [-0.2, 0) is 12.8 Å². The van der Waals surface area contributed by atoms with Gasteiger partial charge in [-0.15, -0.1) is 11.3 Å². The van der Waals surface area contributed by atoms with Crippen LogP contribution in [0.2, 0.25) is 0 Å². The molecule has 5 nitrogen and oxygen atoms in total. The topological polar surface area (TPSA) is 48.5 Å².